The number of aryl methyl sites for hydroxylation is 1. The highest BCUT2D eigenvalue weighted by Gasteiger charge is 2.15. The Morgan fingerprint density at radius 3 is 3.12 bits per heavy atom. The van der Waals surface area contributed by atoms with Crippen LogP contribution in [0, 0.1) is 6.92 Å². The first-order valence-corrected chi connectivity index (χ1v) is 5.66. The minimum atomic E-state index is 0.326. The van der Waals surface area contributed by atoms with Gasteiger partial charge in [0, 0.05) is 32.0 Å². The molecular weight excluding hydrogens is 204 g/mol. The van der Waals surface area contributed by atoms with Crippen LogP contribution in [0.5, 0.6) is 0 Å². The van der Waals surface area contributed by atoms with Gasteiger partial charge in [-0.3, -0.25) is 0 Å². The molecule has 0 radical (unpaired) electrons. The van der Waals surface area contributed by atoms with Gasteiger partial charge in [0.2, 0.25) is 5.95 Å². The normalized spacial score (nSPS) is 19.8. The van der Waals surface area contributed by atoms with Gasteiger partial charge in [0.15, 0.2) is 0 Å². The summed E-state index contributed by atoms with van der Waals surface area (Å²) < 4.78 is 5.55. The van der Waals surface area contributed by atoms with E-state index in [-0.39, 0.29) is 0 Å². The largest absolute Gasteiger partial charge is 0.376 e. The third-order valence-corrected chi connectivity index (χ3v) is 2.72. The summed E-state index contributed by atoms with van der Waals surface area (Å²) >= 11 is 0. The molecule has 1 aliphatic rings. The fourth-order valence-corrected chi connectivity index (χ4v) is 1.76. The van der Waals surface area contributed by atoms with Crippen molar-refractivity contribution in [2.75, 3.05) is 30.8 Å². The minimum absolute atomic E-state index is 0.326. The number of hydrogen-bond acceptors (Lipinski definition) is 5. The van der Waals surface area contributed by atoms with E-state index in [1.807, 2.05) is 20.2 Å². The summed E-state index contributed by atoms with van der Waals surface area (Å²) in [5.74, 6) is 1.52. The van der Waals surface area contributed by atoms with Gasteiger partial charge in [-0.1, -0.05) is 0 Å². The zero-order valence-corrected chi connectivity index (χ0v) is 9.79. The molecule has 16 heavy (non-hydrogen) atoms. The lowest BCUT2D eigenvalue weighted by Crippen LogP contribution is -2.19. The van der Waals surface area contributed by atoms with Gasteiger partial charge in [0.05, 0.1) is 6.10 Å². The van der Waals surface area contributed by atoms with Gasteiger partial charge < -0.3 is 15.4 Å². The average molecular weight is 222 g/mol. The van der Waals surface area contributed by atoms with Crippen LogP contribution in [0.2, 0.25) is 0 Å². The lowest BCUT2D eigenvalue weighted by molar-refractivity contribution is 0.120. The third-order valence-electron chi connectivity index (χ3n) is 2.72. The molecule has 0 amide bonds. The lowest BCUT2D eigenvalue weighted by Gasteiger charge is -2.13. The molecule has 1 atom stereocenters. The van der Waals surface area contributed by atoms with E-state index < -0.39 is 0 Å². The standard InChI is InChI=1S/C11H18N4O/c1-8-6-14-11(12-2)15-10(8)13-7-9-4-3-5-16-9/h6,9H,3-5,7H2,1-2H3,(H2,12,13,14,15). The molecule has 0 bridgehead atoms. The zero-order valence-electron chi connectivity index (χ0n) is 9.79. The summed E-state index contributed by atoms with van der Waals surface area (Å²) in [6.45, 7) is 3.70. The van der Waals surface area contributed by atoms with Gasteiger partial charge >= 0.3 is 0 Å². The monoisotopic (exact) mass is 222 g/mol. The molecule has 5 nitrogen and oxygen atoms in total. The third kappa shape index (κ3) is 2.61. The fraction of sp³-hybridized carbons (Fsp3) is 0.636. The van der Waals surface area contributed by atoms with E-state index in [4.69, 9.17) is 4.74 Å². The molecule has 0 saturated carbocycles. The highest BCUT2D eigenvalue weighted by Crippen LogP contribution is 2.15. The zero-order chi connectivity index (χ0) is 11.4. The van der Waals surface area contributed by atoms with Crippen LogP contribution in [0.1, 0.15) is 18.4 Å². The number of hydrogen-bond donors (Lipinski definition) is 2. The van der Waals surface area contributed by atoms with Crippen molar-refractivity contribution in [3.8, 4) is 0 Å². The van der Waals surface area contributed by atoms with Gasteiger partial charge in [-0.05, 0) is 19.8 Å². The average Bonchev–Trinajstić information content (AvgIpc) is 2.81. The molecule has 1 fully saturated rings. The molecule has 1 aliphatic heterocycles. The molecular formula is C11H18N4O. The summed E-state index contributed by atoms with van der Waals surface area (Å²) in [6.07, 6.45) is 4.44. The number of nitrogens with one attached hydrogen (secondary N) is 2. The Labute approximate surface area is 95.6 Å². The van der Waals surface area contributed by atoms with Crippen LogP contribution in [0.4, 0.5) is 11.8 Å². The molecule has 5 heteroatoms. The van der Waals surface area contributed by atoms with Gasteiger partial charge in [-0.15, -0.1) is 0 Å². The van der Waals surface area contributed by atoms with Crippen molar-refractivity contribution in [3.05, 3.63) is 11.8 Å². The first kappa shape index (κ1) is 11.1. The Morgan fingerprint density at radius 2 is 2.44 bits per heavy atom. The Kier molecular flexibility index (Phi) is 3.56. The van der Waals surface area contributed by atoms with Crippen LogP contribution >= 0.6 is 0 Å². The Balaban J connectivity index is 1.96. The smallest absolute Gasteiger partial charge is 0.224 e. The SMILES string of the molecule is CNc1ncc(C)c(NCC2CCCO2)n1. The number of aromatic nitrogens is 2. The van der Waals surface area contributed by atoms with E-state index in [1.165, 1.54) is 0 Å². The summed E-state index contributed by atoms with van der Waals surface area (Å²) in [5, 5.41) is 6.24. The van der Waals surface area contributed by atoms with Crippen LogP contribution in [-0.2, 0) is 4.74 Å². The van der Waals surface area contributed by atoms with E-state index in [0.717, 1.165) is 37.4 Å². The lowest BCUT2D eigenvalue weighted by atomic mass is 10.2. The van der Waals surface area contributed by atoms with Crippen molar-refractivity contribution in [1.82, 2.24) is 9.97 Å². The predicted octanol–water partition coefficient (Wildman–Crippen LogP) is 1.42. The number of ether oxygens (including phenoxy) is 1. The molecule has 0 spiro atoms. The predicted molar refractivity (Wildman–Crippen MR) is 63.8 cm³/mol. The van der Waals surface area contributed by atoms with Crippen LogP contribution in [0.25, 0.3) is 0 Å². The first-order valence-electron chi connectivity index (χ1n) is 5.66. The van der Waals surface area contributed by atoms with E-state index in [1.54, 1.807) is 0 Å². The number of anilines is 2. The Hall–Kier alpha value is -1.36. The number of nitrogens with zero attached hydrogens (tertiary/aromatic N) is 2. The Morgan fingerprint density at radius 1 is 1.56 bits per heavy atom. The molecule has 1 saturated heterocycles. The maximum atomic E-state index is 5.55. The molecule has 0 aromatic carbocycles. The summed E-state index contributed by atoms with van der Waals surface area (Å²) in [4.78, 5) is 8.51. The van der Waals surface area contributed by atoms with Gasteiger partial charge in [0.1, 0.15) is 5.82 Å². The minimum Gasteiger partial charge on any atom is -0.376 e. The molecule has 88 valence electrons. The fourth-order valence-electron chi connectivity index (χ4n) is 1.76. The van der Waals surface area contributed by atoms with Crippen molar-refractivity contribution in [3.63, 3.8) is 0 Å². The second kappa shape index (κ2) is 5.12. The highest BCUT2D eigenvalue weighted by molar-refractivity contribution is 5.46. The first-order chi connectivity index (χ1) is 7.79. The van der Waals surface area contributed by atoms with Crippen LogP contribution < -0.4 is 10.6 Å². The van der Waals surface area contributed by atoms with Gasteiger partial charge in [-0.25, -0.2) is 4.98 Å². The number of rotatable bonds is 4. The second-order valence-corrected chi connectivity index (χ2v) is 3.99. The second-order valence-electron chi connectivity index (χ2n) is 3.99. The van der Waals surface area contributed by atoms with Gasteiger partial charge in [-0.2, -0.15) is 4.98 Å². The maximum Gasteiger partial charge on any atom is 0.224 e. The quantitative estimate of drug-likeness (QED) is 0.806. The van der Waals surface area contributed by atoms with Gasteiger partial charge in [0.25, 0.3) is 0 Å². The van der Waals surface area contributed by atoms with Crippen LogP contribution in [0.3, 0.4) is 0 Å². The van der Waals surface area contributed by atoms with E-state index in [9.17, 15) is 0 Å². The maximum absolute atomic E-state index is 5.55. The molecule has 2 N–H and O–H groups in total. The topological polar surface area (TPSA) is 59.1 Å². The molecule has 1 unspecified atom stereocenters. The van der Waals surface area contributed by atoms with E-state index in [2.05, 4.69) is 20.6 Å². The Bertz CT molecular complexity index is 350. The van der Waals surface area contributed by atoms with Crippen LogP contribution in [0.15, 0.2) is 6.20 Å². The van der Waals surface area contributed by atoms with E-state index in [0.29, 0.717) is 12.1 Å². The summed E-state index contributed by atoms with van der Waals surface area (Å²) in [7, 11) is 1.81. The van der Waals surface area contributed by atoms with Crippen molar-refractivity contribution in [2.24, 2.45) is 0 Å². The molecule has 0 aliphatic carbocycles. The molecule has 2 rings (SSSR count). The van der Waals surface area contributed by atoms with E-state index >= 15 is 0 Å². The van der Waals surface area contributed by atoms with Crippen molar-refractivity contribution >= 4 is 11.8 Å². The molecule has 1 aromatic rings. The summed E-state index contributed by atoms with van der Waals surface area (Å²) in [6, 6.07) is 0. The molecule has 2 heterocycles. The summed E-state index contributed by atoms with van der Waals surface area (Å²) in [5.41, 5.74) is 1.05. The highest BCUT2D eigenvalue weighted by atomic mass is 16.5. The van der Waals surface area contributed by atoms with Crippen molar-refractivity contribution in [2.45, 2.75) is 25.9 Å². The van der Waals surface area contributed by atoms with Crippen LogP contribution in [-0.4, -0.2) is 36.3 Å². The molecule has 1 aromatic heterocycles. The van der Waals surface area contributed by atoms with Crippen molar-refractivity contribution < 1.29 is 4.74 Å². The van der Waals surface area contributed by atoms with Crippen molar-refractivity contribution in [1.29, 1.82) is 0 Å².